The number of carbonyl (C=O) groups excluding carboxylic acids is 2. The summed E-state index contributed by atoms with van der Waals surface area (Å²) in [6, 6.07) is 0. The normalized spacial score (nSPS) is 19.6. The molecule has 0 aromatic heterocycles. The Morgan fingerprint density at radius 3 is 2.94 bits per heavy atom. The van der Waals surface area contributed by atoms with Gasteiger partial charge < -0.3 is 10.1 Å². The van der Waals surface area contributed by atoms with Gasteiger partial charge in [0.05, 0.1) is 5.70 Å². The lowest BCUT2D eigenvalue weighted by Crippen LogP contribution is -2.32. The van der Waals surface area contributed by atoms with Crippen LogP contribution in [-0.2, 0) is 14.3 Å². The zero-order chi connectivity index (χ0) is 12.7. The molecule has 0 radical (unpaired) electrons. The summed E-state index contributed by atoms with van der Waals surface area (Å²) in [5.41, 5.74) is 0.703. The van der Waals surface area contributed by atoms with Crippen molar-refractivity contribution in [3.05, 3.63) is 17.7 Å². The van der Waals surface area contributed by atoms with Gasteiger partial charge in [-0.25, -0.2) is 4.79 Å². The molecule has 0 fully saturated rings. The molecule has 0 spiro atoms. The summed E-state index contributed by atoms with van der Waals surface area (Å²) in [5, 5.41) is 2.72. The summed E-state index contributed by atoms with van der Waals surface area (Å²) < 4.78 is 5.25. The zero-order valence-corrected chi connectivity index (χ0v) is 10.4. The van der Waals surface area contributed by atoms with Crippen LogP contribution in [0, 0.1) is 5.92 Å². The molecule has 0 aliphatic carbocycles. The molecule has 4 heteroatoms. The summed E-state index contributed by atoms with van der Waals surface area (Å²) in [7, 11) is 0. The highest BCUT2D eigenvalue weighted by Gasteiger charge is 2.26. The van der Waals surface area contributed by atoms with E-state index in [9.17, 15) is 9.59 Å². The molecule has 1 rings (SSSR count). The van der Waals surface area contributed by atoms with Crippen LogP contribution in [0.2, 0.25) is 0 Å². The Labute approximate surface area is 102 Å². The Morgan fingerprint density at radius 2 is 2.29 bits per heavy atom. The first-order chi connectivity index (χ1) is 8.19. The van der Waals surface area contributed by atoms with Gasteiger partial charge in [0.2, 0.25) is 5.91 Å². The van der Waals surface area contributed by atoms with Crippen LogP contribution < -0.4 is 5.32 Å². The summed E-state index contributed by atoms with van der Waals surface area (Å²) in [6.07, 6.45) is 5.71. The molecule has 17 heavy (non-hydrogen) atoms. The van der Waals surface area contributed by atoms with Gasteiger partial charge in [0.1, 0.15) is 5.76 Å². The molecule has 1 amide bonds. The fraction of sp³-hybridized carbons (Fsp3) is 0.615. The van der Waals surface area contributed by atoms with Crippen molar-refractivity contribution in [3.8, 4) is 0 Å². The van der Waals surface area contributed by atoms with Crippen LogP contribution in [0.5, 0.6) is 0 Å². The minimum atomic E-state index is 0.0198. The number of hydrogen-bond acceptors (Lipinski definition) is 3. The van der Waals surface area contributed by atoms with E-state index < -0.39 is 0 Å². The second-order valence-corrected chi connectivity index (χ2v) is 4.29. The lowest BCUT2D eigenvalue weighted by molar-refractivity contribution is -0.122. The lowest BCUT2D eigenvalue weighted by atomic mass is 9.92. The molecule has 0 saturated heterocycles. The van der Waals surface area contributed by atoms with Crippen molar-refractivity contribution in [3.63, 3.8) is 0 Å². The van der Waals surface area contributed by atoms with E-state index >= 15 is 0 Å². The molecular weight excluding hydrogens is 218 g/mol. The van der Waals surface area contributed by atoms with Crippen LogP contribution in [0.15, 0.2) is 17.7 Å². The second-order valence-electron chi connectivity index (χ2n) is 4.29. The van der Waals surface area contributed by atoms with E-state index in [4.69, 9.17) is 4.74 Å². The SMILES string of the molecule is CCCCCC1CC(=O)NC(C)=C1OC=C=O. The Balaban J connectivity index is 2.71. The molecular formula is C13H19NO3. The van der Waals surface area contributed by atoms with Crippen molar-refractivity contribution in [1.82, 2.24) is 5.32 Å². The maximum atomic E-state index is 11.4. The minimum Gasteiger partial charge on any atom is -0.456 e. The summed E-state index contributed by atoms with van der Waals surface area (Å²) in [5.74, 6) is 2.39. The minimum absolute atomic E-state index is 0.0198. The fourth-order valence-corrected chi connectivity index (χ4v) is 2.09. The molecule has 1 aliphatic heterocycles. The molecule has 0 aromatic carbocycles. The molecule has 0 saturated carbocycles. The van der Waals surface area contributed by atoms with Crippen LogP contribution in [0.25, 0.3) is 0 Å². The largest absolute Gasteiger partial charge is 0.456 e. The fourth-order valence-electron chi connectivity index (χ4n) is 2.09. The predicted octanol–water partition coefficient (Wildman–Crippen LogP) is 2.30. The average molecular weight is 237 g/mol. The van der Waals surface area contributed by atoms with E-state index in [2.05, 4.69) is 12.2 Å². The highest BCUT2D eigenvalue weighted by Crippen LogP contribution is 2.28. The van der Waals surface area contributed by atoms with Gasteiger partial charge in [-0.3, -0.25) is 4.79 Å². The maximum absolute atomic E-state index is 11.4. The Hall–Kier alpha value is -1.54. The summed E-state index contributed by atoms with van der Waals surface area (Å²) in [6.45, 7) is 3.93. The third-order valence-electron chi connectivity index (χ3n) is 2.89. The third-order valence-corrected chi connectivity index (χ3v) is 2.89. The molecule has 4 nitrogen and oxygen atoms in total. The highest BCUT2D eigenvalue weighted by molar-refractivity contribution is 5.79. The van der Waals surface area contributed by atoms with Gasteiger partial charge in [-0.1, -0.05) is 26.2 Å². The molecule has 0 aromatic rings. The van der Waals surface area contributed by atoms with Gasteiger partial charge in [0.15, 0.2) is 12.2 Å². The Morgan fingerprint density at radius 1 is 1.53 bits per heavy atom. The quantitative estimate of drug-likeness (QED) is 0.438. The second kappa shape index (κ2) is 6.92. The number of amides is 1. The molecule has 94 valence electrons. The first-order valence-electron chi connectivity index (χ1n) is 6.05. The molecule has 0 bridgehead atoms. The van der Waals surface area contributed by atoms with Gasteiger partial charge in [0.25, 0.3) is 0 Å². The van der Waals surface area contributed by atoms with E-state index in [1.54, 1.807) is 12.9 Å². The standard InChI is InChI=1S/C13H19NO3/c1-3-4-5-6-11-9-12(16)14-10(2)13(11)17-8-7-15/h8,11H,3-6,9H2,1-2H3,(H,14,16). The lowest BCUT2D eigenvalue weighted by Gasteiger charge is -2.25. The number of hydrogen-bond donors (Lipinski definition) is 1. The molecule has 1 unspecified atom stereocenters. The van der Waals surface area contributed by atoms with Crippen LogP contribution >= 0.6 is 0 Å². The van der Waals surface area contributed by atoms with Gasteiger partial charge in [-0.15, -0.1) is 0 Å². The van der Waals surface area contributed by atoms with Gasteiger partial charge >= 0.3 is 0 Å². The number of carbonyl (C=O) groups is 1. The van der Waals surface area contributed by atoms with E-state index in [0.717, 1.165) is 31.9 Å². The van der Waals surface area contributed by atoms with Gasteiger partial charge in [-0.05, 0) is 13.3 Å². The maximum Gasteiger partial charge on any atom is 0.224 e. The van der Waals surface area contributed by atoms with Crippen molar-refractivity contribution < 1.29 is 14.3 Å². The van der Waals surface area contributed by atoms with Crippen molar-refractivity contribution >= 4 is 11.8 Å². The van der Waals surface area contributed by atoms with Crippen molar-refractivity contribution in [2.75, 3.05) is 0 Å². The number of unbranched alkanes of at least 4 members (excludes halogenated alkanes) is 2. The first-order valence-corrected chi connectivity index (χ1v) is 6.05. The smallest absolute Gasteiger partial charge is 0.224 e. The molecule has 1 heterocycles. The van der Waals surface area contributed by atoms with Crippen molar-refractivity contribution in [2.45, 2.75) is 46.0 Å². The molecule has 1 atom stereocenters. The molecule has 1 N–H and O–H groups in total. The monoisotopic (exact) mass is 237 g/mol. The Kier molecular flexibility index (Phi) is 5.50. The summed E-state index contributed by atoms with van der Waals surface area (Å²) >= 11 is 0. The van der Waals surface area contributed by atoms with Gasteiger partial charge in [0, 0.05) is 12.3 Å². The number of ether oxygens (including phenoxy) is 1. The van der Waals surface area contributed by atoms with Crippen molar-refractivity contribution in [1.29, 1.82) is 0 Å². The number of nitrogens with one attached hydrogen (secondary N) is 1. The third kappa shape index (κ3) is 4.08. The Bertz CT molecular complexity index is 354. The van der Waals surface area contributed by atoms with Crippen LogP contribution in [0.1, 0.15) is 46.0 Å². The van der Waals surface area contributed by atoms with Crippen LogP contribution in [0.3, 0.4) is 0 Å². The van der Waals surface area contributed by atoms with Crippen molar-refractivity contribution in [2.24, 2.45) is 5.92 Å². The average Bonchev–Trinajstić information content (AvgIpc) is 2.28. The molecule has 1 aliphatic rings. The van der Waals surface area contributed by atoms with Crippen LogP contribution in [0.4, 0.5) is 0 Å². The van der Waals surface area contributed by atoms with Crippen LogP contribution in [-0.4, -0.2) is 11.8 Å². The topological polar surface area (TPSA) is 55.4 Å². The van der Waals surface area contributed by atoms with E-state index in [-0.39, 0.29) is 11.8 Å². The van der Waals surface area contributed by atoms with Gasteiger partial charge in [-0.2, -0.15) is 0 Å². The predicted molar refractivity (Wildman–Crippen MR) is 64.4 cm³/mol. The van der Waals surface area contributed by atoms with E-state index in [1.165, 1.54) is 0 Å². The number of rotatable bonds is 6. The number of allylic oxidation sites excluding steroid dienone is 2. The first kappa shape index (κ1) is 13.5. The zero-order valence-electron chi connectivity index (χ0n) is 10.4. The highest BCUT2D eigenvalue weighted by atomic mass is 16.5. The summed E-state index contributed by atoms with van der Waals surface area (Å²) in [4.78, 5) is 21.6. The van der Waals surface area contributed by atoms with E-state index in [0.29, 0.717) is 17.9 Å². The van der Waals surface area contributed by atoms with E-state index in [1.807, 2.05) is 0 Å².